The van der Waals surface area contributed by atoms with Crippen molar-refractivity contribution in [2.45, 2.75) is 26.7 Å². The average Bonchev–Trinajstić information content (AvgIpc) is 2.25. The van der Waals surface area contributed by atoms with Crippen molar-refractivity contribution in [2.75, 3.05) is 6.61 Å². The van der Waals surface area contributed by atoms with Gasteiger partial charge in [0.2, 0.25) is 0 Å². The number of nitriles is 1. The van der Waals surface area contributed by atoms with E-state index in [1.807, 2.05) is 6.07 Å². The molecule has 16 heavy (non-hydrogen) atoms. The topological polar surface area (TPSA) is 33.0 Å². The molecule has 0 spiro atoms. The predicted molar refractivity (Wildman–Crippen MR) is 65.7 cm³/mol. The van der Waals surface area contributed by atoms with Crippen LogP contribution in [0.15, 0.2) is 18.2 Å². The standard InChI is InChI=1S/C13H16ClNO/c1-10(2)4-3-7-16-13-6-5-11(9-15)8-12(13)14/h5-6,8,10H,3-4,7H2,1-2H3. The summed E-state index contributed by atoms with van der Waals surface area (Å²) < 4.78 is 5.55. The van der Waals surface area contributed by atoms with Crippen LogP contribution in [0.4, 0.5) is 0 Å². The maximum absolute atomic E-state index is 8.68. The van der Waals surface area contributed by atoms with Crippen molar-refractivity contribution in [3.63, 3.8) is 0 Å². The Hall–Kier alpha value is -1.20. The summed E-state index contributed by atoms with van der Waals surface area (Å²) in [5.41, 5.74) is 0.555. The van der Waals surface area contributed by atoms with Crippen LogP contribution in [0.5, 0.6) is 5.75 Å². The number of halogens is 1. The van der Waals surface area contributed by atoms with Crippen LogP contribution in [0.2, 0.25) is 5.02 Å². The second-order valence-corrected chi connectivity index (χ2v) is 4.55. The fourth-order valence-corrected chi connectivity index (χ4v) is 1.60. The Morgan fingerprint density at radius 3 is 2.75 bits per heavy atom. The first-order valence-electron chi connectivity index (χ1n) is 5.46. The minimum absolute atomic E-state index is 0.503. The molecule has 1 rings (SSSR count). The smallest absolute Gasteiger partial charge is 0.137 e. The van der Waals surface area contributed by atoms with Gasteiger partial charge in [0.15, 0.2) is 0 Å². The molecule has 0 saturated heterocycles. The summed E-state index contributed by atoms with van der Waals surface area (Å²) in [7, 11) is 0. The van der Waals surface area contributed by atoms with E-state index < -0.39 is 0 Å². The van der Waals surface area contributed by atoms with E-state index in [0.717, 1.165) is 12.8 Å². The molecule has 0 bridgehead atoms. The lowest BCUT2D eigenvalue weighted by Gasteiger charge is -2.09. The van der Waals surface area contributed by atoms with E-state index in [0.29, 0.717) is 28.9 Å². The Morgan fingerprint density at radius 2 is 2.19 bits per heavy atom. The van der Waals surface area contributed by atoms with Gasteiger partial charge in [-0.3, -0.25) is 0 Å². The zero-order valence-corrected chi connectivity index (χ0v) is 10.4. The van der Waals surface area contributed by atoms with Crippen LogP contribution >= 0.6 is 11.6 Å². The van der Waals surface area contributed by atoms with Gasteiger partial charge in [-0.05, 0) is 37.0 Å². The van der Waals surface area contributed by atoms with Gasteiger partial charge < -0.3 is 4.74 Å². The highest BCUT2D eigenvalue weighted by Crippen LogP contribution is 2.25. The first-order chi connectivity index (χ1) is 7.63. The van der Waals surface area contributed by atoms with Crippen molar-refractivity contribution in [1.29, 1.82) is 5.26 Å². The second-order valence-electron chi connectivity index (χ2n) is 4.14. The van der Waals surface area contributed by atoms with Crippen molar-refractivity contribution in [3.05, 3.63) is 28.8 Å². The Morgan fingerprint density at radius 1 is 1.44 bits per heavy atom. The summed E-state index contributed by atoms with van der Waals surface area (Å²) in [6.45, 7) is 5.05. The zero-order chi connectivity index (χ0) is 12.0. The maximum atomic E-state index is 8.68. The minimum Gasteiger partial charge on any atom is -0.492 e. The third-order valence-electron chi connectivity index (χ3n) is 2.24. The first-order valence-corrected chi connectivity index (χ1v) is 5.83. The number of ether oxygens (including phenoxy) is 1. The van der Waals surface area contributed by atoms with Crippen LogP contribution in [-0.2, 0) is 0 Å². The molecule has 0 aromatic heterocycles. The second kappa shape index (κ2) is 6.40. The molecule has 3 heteroatoms. The molecule has 0 atom stereocenters. The number of hydrogen-bond donors (Lipinski definition) is 0. The van der Waals surface area contributed by atoms with Gasteiger partial charge in [-0.1, -0.05) is 25.4 Å². The van der Waals surface area contributed by atoms with Crippen molar-refractivity contribution >= 4 is 11.6 Å². The largest absolute Gasteiger partial charge is 0.492 e. The van der Waals surface area contributed by atoms with Gasteiger partial charge >= 0.3 is 0 Å². The Labute approximate surface area is 102 Å². The van der Waals surface area contributed by atoms with Crippen molar-refractivity contribution in [3.8, 4) is 11.8 Å². The molecule has 0 N–H and O–H groups in total. The van der Waals surface area contributed by atoms with Gasteiger partial charge in [-0.2, -0.15) is 5.26 Å². The summed E-state index contributed by atoms with van der Waals surface area (Å²) in [5.74, 6) is 1.35. The summed E-state index contributed by atoms with van der Waals surface area (Å²) >= 11 is 5.97. The fraction of sp³-hybridized carbons (Fsp3) is 0.462. The van der Waals surface area contributed by atoms with Gasteiger partial charge in [0.1, 0.15) is 5.75 Å². The monoisotopic (exact) mass is 237 g/mol. The molecule has 0 saturated carbocycles. The molecule has 1 aromatic rings. The van der Waals surface area contributed by atoms with Crippen LogP contribution in [0.3, 0.4) is 0 Å². The van der Waals surface area contributed by atoms with E-state index in [1.165, 1.54) is 0 Å². The highest BCUT2D eigenvalue weighted by molar-refractivity contribution is 6.32. The number of nitrogens with zero attached hydrogens (tertiary/aromatic N) is 1. The first kappa shape index (κ1) is 12.9. The van der Waals surface area contributed by atoms with Gasteiger partial charge in [0.05, 0.1) is 23.3 Å². The Balaban J connectivity index is 2.46. The minimum atomic E-state index is 0.503. The average molecular weight is 238 g/mol. The zero-order valence-electron chi connectivity index (χ0n) is 9.66. The van der Waals surface area contributed by atoms with Crippen molar-refractivity contribution in [1.82, 2.24) is 0 Å². The van der Waals surface area contributed by atoms with E-state index in [2.05, 4.69) is 13.8 Å². The molecule has 0 unspecified atom stereocenters. The molecule has 0 fully saturated rings. The molecular weight excluding hydrogens is 222 g/mol. The summed E-state index contributed by atoms with van der Waals surface area (Å²) in [6, 6.07) is 7.12. The van der Waals surface area contributed by atoms with Crippen LogP contribution in [0.25, 0.3) is 0 Å². The number of hydrogen-bond acceptors (Lipinski definition) is 2. The molecule has 0 aliphatic carbocycles. The molecule has 0 radical (unpaired) electrons. The van der Waals surface area contributed by atoms with E-state index in [1.54, 1.807) is 18.2 Å². The lowest BCUT2D eigenvalue weighted by atomic mass is 10.1. The third-order valence-corrected chi connectivity index (χ3v) is 2.54. The molecule has 0 aliphatic heterocycles. The summed E-state index contributed by atoms with van der Waals surface area (Å²) in [6.07, 6.45) is 2.17. The fourth-order valence-electron chi connectivity index (χ4n) is 1.36. The SMILES string of the molecule is CC(C)CCCOc1ccc(C#N)cc1Cl. The molecular formula is C13H16ClNO. The number of rotatable bonds is 5. The van der Waals surface area contributed by atoms with Crippen LogP contribution < -0.4 is 4.74 Å². The van der Waals surface area contributed by atoms with E-state index in [9.17, 15) is 0 Å². The molecule has 0 amide bonds. The van der Waals surface area contributed by atoms with Crippen LogP contribution in [0.1, 0.15) is 32.3 Å². The van der Waals surface area contributed by atoms with Crippen molar-refractivity contribution in [2.24, 2.45) is 5.92 Å². The maximum Gasteiger partial charge on any atom is 0.137 e. The summed E-state index contributed by atoms with van der Waals surface area (Å²) in [4.78, 5) is 0. The highest BCUT2D eigenvalue weighted by Gasteiger charge is 2.03. The van der Waals surface area contributed by atoms with Gasteiger partial charge in [0.25, 0.3) is 0 Å². The molecule has 1 aromatic carbocycles. The normalized spacial score (nSPS) is 10.2. The predicted octanol–water partition coefficient (Wildman–Crippen LogP) is 4.03. The van der Waals surface area contributed by atoms with Gasteiger partial charge in [-0.25, -0.2) is 0 Å². The van der Waals surface area contributed by atoms with Crippen molar-refractivity contribution < 1.29 is 4.74 Å². The molecule has 2 nitrogen and oxygen atoms in total. The molecule has 86 valence electrons. The van der Waals surface area contributed by atoms with Gasteiger partial charge in [-0.15, -0.1) is 0 Å². The lowest BCUT2D eigenvalue weighted by Crippen LogP contribution is -2.00. The lowest BCUT2D eigenvalue weighted by molar-refractivity contribution is 0.298. The Bertz CT molecular complexity index is 382. The molecule has 0 heterocycles. The highest BCUT2D eigenvalue weighted by atomic mass is 35.5. The van der Waals surface area contributed by atoms with Crippen LogP contribution in [0, 0.1) is 17.2 Å². The Kier molecular flexibility index (Phi) is 5.14. The van der Waals surface area contributed by atoms with Gasteiger partial charge in [0, 0.05) is 0 Å². The summed E-state index contributed by atoms with van der Waals surface area (Å²) in [5, 5.41) is 9.18. The van der Waals surface area contributed by atoms with E-state index in [-0.39, 0.29) is 0 Å². The van der Waals surface area contributed by atoms with E-state index in [4.69, 9.17) is 21.6 Å². The third kappa shape index (κ3) is 4.12. The molecule has 0 aliphatic rings. The van der Waals surface area contributed by atoms with Crippen LogP contribution in [-0.4, -0.2) is 6.61 Å². The quantitative estimate of drug-likeness (QED) is 0.725. The number of benzene rings is 1. The van der Waals surface area contributed by atoms with E-state index >= 15 is 0 Å².